The molecule has 1 N–H and O–H groups in total. The number of carbonyl (C=O) groups excluding carboxylic acids is 2. The maximum atomic E-state index is 13.1. The molecule has 1 fully saturated rings. The van der Waals surface area contributed by atoms with Gasteiger partial charge in [0, 0.05) is 17.1 Å². The third-order valence-corrected chi connectivity index (χ3v) is 6.50. The lowest BCUT2D eigenvalue weighted by atomic mass is 9.84. The molecule has 2 aliphatic carbocycles. The smallest absolute Gasteiger partial charge is 0.339 e. The molecular weight excluding hydrogens is 364 g/mol. The first-order valence-corrected chi connectivity index (χ1v) is 10.9. The topological polar surface area (TPSA) is 68.3 Å². The number of pyridine rings is 1. The Morgan fingerprint density at radius 2 is 1.93 bits per heavy atom. The lowest BCUT2D eigenvalue weighted by molar-refractivity contribution is -0.125. The minimum absolute atomic E-state index is 0.185. The van der Waals surface area contributed by atoms with Crippen LogP contribution in [0.4, 0.5) is 0 Å². The second-order valence-corrected chi connectivity index (χ2v) is 8.79. The largest absolute Gasteiger partial charge is 0.452 e. The number of hydrogen-bond acceptors (Lipinski definition) is 4. The highest BCUT2D eigenvalue weighted by atomic mass is 16.5. The van der Waals surface area contributed by atoms with Gasteiger partial charge in [0.05, 0.1) is 11.1 Å². The standard InChI is InChI=1S/C24H30N2O3/c1-15-11-12-21-18(13-15)23(17-8-4-6-10-20(17)25-21)24(28)29-14-22(27)26-19-9-5-3-7-16(19)2/h4,6,8,10,15-16,19H,3,5,7,9,11-14H2,1-2H3,(H,26,27). The van der Waals surface area contributed by atoms with E-state index in [1.807, 2.05) is 24.3 Å². The van der Waals surface area contributed by atoms with Gasteiger partial charge in [-0.15, -0.1) is 0 Å². The van der Waals surface area contributed by atoms with Crippen LogP contribution < -0.4 is 5.32 Å². The van der Waals surface area contributed by atoms with E-state index in [1.54, 1.807) is 0 Å². The van der Waals surface area contributed by atoms with Gasteiger partial charge in [-0.05, 0) is 55.6 Å². The number of nitrogens with one attached hydrogen (secondary N) is 1. The van der Waals surface area contributed by atoms with Crippen molar-refractivity contribution in [3.8, 4) is 0 Å². The lowest BCUT2D eigenvalue weighted by Crippen LogP contribution is -2.43. The first-order valence-electron chi connectivity index (χ1n) is 10.9. The molecule has 3 atom stereocenters. The van der Waals surface area contributed by atoms with Crippen LogP contribution in [0, 0.1) is 11.8 Å². The number of benzene rings is 1. The van der Waals surface area contributed by atoms with Crippen LogP contribution in [0.15, 0.2) is 24.3 Å². The van der Waals surface area contributed by atoms with Gasteiger partial charge in [-0.2, -0.15) is 0 Å². The normalized spacial score (nSPS) is 24.0. The van der Waals surface area contributed by atoms with Crippen LogP contribution in [0.5, 0.6) is 0 Å². The maximum absolute atomic E-state index is 13.1. The highest BCUT2D eigenvalue weighted by Crippen LogP contribution is 2.32. The average Bonchev–Trinajstić information content (AvgIpc) is 2.72. The summed E-state index contributed by atoms with van der Waals surface area (Å²) in [4.78, 5) is 30.3. The fourth-order valence-electron chi connectivity index (χ4n) is 4.78. The molecule has 0 radical (unpaired) electrons. The van der Waals surface area contributed by atoms with Crippen molar-refractivity contribution in [1.82, 2.24) is 10.3 Å². The van der Waals surface area contributed by atoms with Crippen molar-refractivity contribution >= 4 is 22.8 Å². The molecule has 0 saturated heterocycles. The van der Waals surface area contributed by atoms with Gasteiger partial charge in [0.2, 0.25) is 0 Å². The van der Waals surface area contributed by atoms with Crippen molar-refractivity contribution in [3.05, 3.63) is 41.1 Å². The van der Waals surface area contributed by atoms with Gasteiger partial charge in [-0.3, -0.25) is 9.78 Å². The second-order valence-electron chi connectivity index (χ2n) is 8.79. The van der Waals surface area contributed by atoms with E-state index >= 15 is 0 Å². The number of amides is 1. The van der Waals surface area contributed by atoms with Crippen molar-refractivity contribution in [2.75, 3.05) is 6.61 Å². The Morgan fingerprint density at radius 1 is 1.14 bits per heavy atom. The number of aromatic nitrogens is 1. The van der Waals surface area contributed by atoms with Crippen molar-refractivity contribution in [1.29, 1.82) is 0 Å². The van der Waals surface area contributed by atoms with Crippen LogP contribution in [-0.2, 0) is 22.4 Å². The third kappa shape index (κ3) is 4.29. The second kappa shape index (κ2) is 8.52. The van der Waals surface area contributed by atoms with E-state index in [1.165, 1.54) is 6.42 Å². The number of para-hydroxylation sites is 1. The van der Waals surface area contributed by atoms with E-state index in [2.05, 4.69) is 19.2 Å². The number of carbonyl (C=O) groups is 2. The van der Waals surface area contributed by atoms with E-state index in [-0.39, 0.29) is 18.6 Å². The molecule has 5 nitrogen and oxygen atoms in total. The van der Waals surface area contributed by atoms with Gasteiger partial charge < -0.3 is 10.1 Å². The van der Waals surface area contributed by atoms with Crippen LogP contribution in [0.3, 0.4) is 0 Å². The predicted octanol–water partition coefficient (Wildman–Crippen LogP) is 4.21. The van der Waals surface area contributed by atoms with E-state index in [4.69, 9.17) is 9.72 Å². The van der Waals surface area contributed by atoms with E-state index in [0.29, 0.717) is 17.4 Å². The summed E-state index contributed by atoms with van der Waals surface area (Å²) in [5.41, 5.74) is 3.40. The molecule has 1 saturated carbocycles. The Hall–Kier alpha value is -2.43. The van der Waals surface area contributed by atoms with Crippen molar-refractivity contribution in [2.24, 2.45) is 11.8 Å². The van der Waals surface area contributed by atoms with Crippen LogP contribution in [0.25, 0.3) is 10.9 Å². The molecule has 2 aliphatic rings. The Morgan fingerprint density at radius 3 is 2.76 bits per heavy atom. The summed E-state index contributed by atoms with van der Waals surface area (Å²) in [6, 6.07) is 7.88. The molecule has 1 amide bonds. The monoisotopic (exact) mass is 394 g/mol. The van der Waals surface area contributed by atoms with Crippen molar-refractivity contribution < 1.29 is 14.3 Å². The first-order chi connectivity index (χ1) is 14.0. The summed E-state index contributed by atoms with van der Waals surface area (Å²) >= 11 is 0. The Labute approximate surface area is 172 Å². The minimum atomic E-state index is -0.416. The zero-order valence-corrected chi connectivity index (χ0v) is 17.4. The molecule has 1 heterocycles. The average molecular weight is 395 g/mol. The van der Waals surface area contributed by atoms with E-state index in [9.17, 15) is 9.59 Å². The van der Waals surface area contributed by atoms with Crippen LogP contribution in [-0.4, -0.2) is 29.5 Å². The number of ether oxygens (including phenoxy) is 1. The predicted molar refractivity (Wildman–Crippen MR) is 113 cm³/mol. The Bertz CT molecular complexity index is 924. The lowest BCUT2D eigenvalue weighted by Gasteiger charge is -2.29. The number of fused-ring (bicyclic) bond motifs is 2. The summed E-state index contributed by atoms with van der Waals surface area (Å²) < 4.78 is 5.50. The quantitative estimate of drug-likeness (QED) is 0.789. The van der Waals surface area contributed by atoms with Gasteiger partial charge in [0.15, 0.2) is 6.61 Å². The van der Waals surface area contributed by atoms with Gasteiger partial charge in [0.25, 0.3) is 5.91 Å². The molecule has 5 heteroatoms. The van der Waals surface area contributed by atoms with Crippen LogP contribution in [0.2, 0.25) is 0 Å². The first kappa shape index (κ1) is 19.9. The fourth-order valence-corrected chi connectivity index (χ4v) is 4.78. The molecule has 0 bridgehead atoms. The maximum Gasteiger partial charge on any atom is 0.339 e. The summed E-state index contributed by atoms with van der Waals surface area (Å²) in [7, 11) is 0. The van der Waals surface area contributed by atoms with Crippen molar-refractivity contribution in [3.63, 3.8) is 0 Å². The van der Waals surface area contributed by atoms with Gasteiger partial charge >= 0.3 is 5.97 Å². The molecule has 3 unspecified atom stereocenters. The van der Waals surface area contributed by atoms with Crippen LogP contribution >= 0.6 is 0 Å². The number of aryl methyl sites for hydroxylation is 1. The number of hydrogen-bond donors (Lipinski definition) is 1. The Kier molecular flexibility index (Phi) is 5.84. The molecular formula is C24H30N2O3. The number of rotatable bonds is 4. The number of esters is 1. The summed E-state index contributed by atoms with van der Waals surface area (Å²) in [6.45, 7) is 4.14. The van der Waals surface area contributed by atoms with Gasteiger partial charge in [-0.25, -0.2) is 4.79 Å². The molecule has 2 aromatic rings. The van der Waals surface area contributed by atoms with Gasteiger partial charge in [-0.1, -0.05) is 44.9 Å². The molecule has 4 rings (SSSR count). The Balaban J connectivity index is 1.52. The SMILES string of the molecule is CC1CCc2nc3ccccc3c(C(=O)OCC(=O)NC3CCCCC3C)c2C1. The minimum Gasteiger partial charge on any atom is -0.452 e. The van der Waals surface area contributed by atoms with Gasteiger partial charge in [0.1, 0.15) is 0 Å². The fraction of sp³-hybridized carbons (Fsp3) is 0.542. The highest BCUT2D eigenvalue weighted by Gasteiger charge is 2.27. The summed E-state index contributed by atoms with van der Waals surface area (Å²) in [6.07, 6.45) is 7.28. The molecule has 154 valence electrons. The van der Waals surface area contributed by atoms with E-state index < -0.39 is 5.97 Å². The highest BCUT2D eigenvalue weighted by molar-refractivity contribution is 6.05. The zero-order chi connectivity index (χ0) is 20.4. The van der Waals surface area contributed by atoms with Crippen molar-refractivity contribution in [2.45, 2.75) is 64.8 Å². The van der Waals surface area contributed by atoms with E-state index in [0.717, 1.165) is 60.7 Å². The number of nitrogens with zero attached hydrogens (tertiary/aromatic N) is 1. The molecule has 0 spiro atoms. The third-order valence-electron chi connectivity index (χ3n) is 6.50. The molecule has 1 aromatic heterocycles. The van der Waals surface area contributed by atoms with Crippen LogP contribution in [0.1, 0.15) is 67.6 Å². The molecule has 0 aliphatic heterocycles. The summed E-state index contributed by atoms with van der Waals surface area (Å²) in [5.74, 6) is 0.354. The molecule has 1 aromatic carbocycles. The summed E-state index contributed by atoms with van der Waals surface area (Å²) in [5, 5.41) is 3.87. The zero-order valence-electron chi connectivity index (χ0n) is 17.4. The molecule has 29 heavy (non-hydrogen) atoms.